The molecule has 4 rings (SSSR count). The molecule has 1 saturated heterocycles. The van der Waals surface area contributed by atoms with E-state index in [0.29, 0.717) is 10.8 Å². The van der Waals surface area contributed by atoms with Crippen molar-refractivity contribution in [1.29, 1.82) is 0 Å². The Morgan fingerprint density at radius 1 is 1.28 bits per heavy atom. The lowest BCUT2D eigenvalue weighted by atomic mass is 10.3. The van der Waals surface area contributed by atoms with Crippen molar-refractivity contribution in [1.82, 2.24) is 19.9 Å². The van der Waals surface area contributed by atoms with Gasteiger partial charge in [-0.05, 0) is 37.1 Å². The zero-order valence-corrected chi connectivity index (χ0v) is 15.5. The average molecular weight is 375 g/mol. The minimum atomic E-state index is 0.627. The molecule has 6 nitrogen and oxygen atoms in total. The maximum Gasteiger partial charge on any atom is 0.196 e. The molecule has 3 aromatic rings. The largest absolute Gasteiger partial charge is 0.397 e. The number of fused-ring (bicyclic) bond motifs is 1. The van der Waals surface area contributed by atoms with E-state index in [-0.39, 0.29) is 0 Å². The molecule has 0 amide bonds. The highest BCUT2D eigenvalue weighted by molar-refractivity contribution is 7.99. The summed E-state index contributed by atoms with van der Waals surface area (Å²) >= 11 is 8.06. The number of pyridine rings is 1. The van der Waals surface area contributed by atoms with E-state index in [1.165, 1.54) is 24.6 Å². The summed E-state index contributed by atoms with van der Waals surface area (Å²) in [5, 5.41) is 2.33. The summed E-state index contributed by atoms with van der Waals surface area (Å²) in [6.07, 6.45) is 6.58. The molecule has 0 saturated carbocycles. The van der Waals surface area contributed by atoms with Crippen LogP contribution < -0.4 is 10.6 Å². The van der Waals surface area contributed by atoms with Crippen molar-refractivity contribution in [3.63, 3.8) is 0 Å². The number of hydrogen-bond donors (Lipinski definition) is 2. The third-order valence-corrected chi connectivity index (χ3v) is 5.57. The van der Waals surface area contributed by atoms with Crippen molar-refractivity contribution >= 4 is 45.9 Å². The van der Waals surface area contributed by atoms with Gasteiger partial charge in [0.2, 0.25) is 0 Å². The van der Waals surface area contributed by atoms with Crippen molar-refractivity contribution in [2.24, 2.45) is 0 Å². The van der Waals surface area contributed by atoms with Gasteiger partial charge in [0.15, 0.2) is 5.16 Å². The molecule has 1 fully saturated rings. The normalized spacial score (nSPS) is 14.6. The zero-order valence-electron chi connectivity index (χ0n) is 13.9. The molecule has 0 spiro atoms. The van der Waals surface area contributed by atoms with Crippen molar-refractivity contribution in [2.75, 3.05) is 23.7 Å². The van der Waals surface area contributed by atoms with E-state index in [2.05, 4.69) is 26.8 Å². The Labute approximate surface area is 155 Å². The van der Waals surface area contributed by atoms with Crippen LogP contribution in [-0.2, 0) is 6.42 Å². The molecule has 3 N–H and O–H groups in total. The van der Waals surface area contributed by atoms with Crippen molar-refractivity contribution in [2.45, 2.75) is 36.2 Å². The molecule has 0 aliphatic carbocycles. The first-order chi connectivity index (χ1) is 12.2. The van der Waals surface area contributed by atoms with Gasteiger partial charge in [-0.1, -0.05) is 18.5 Å². The second kappa shape index (κ2) is 6.72. The van der Waals surface area contributed by atoms with Gasteiger partial charge in [0, 0.05) is 36.1 Å². The van der Waals surface area contributed by atoms with Gasteiger partial charge in [-0.15, -0.1) is 0 Å². The van der Waals surface area contributed by atoms with Crippen LogP contribution in [0.2, 0.25) is 5.02 Å². The number of nitrogens with two attached hydrogens (primary N) is 1. The molecule has 130 valence electrons. The molecular formula is C17H19ClN6S. The molecule has 0 atom stereocenters. The van der Waals surface area contributed by atoms with Gasteiger partial charge >= 0.3 is 0 Å². The van der Waals surface area contributed by atoms with E-state index in [4.69, 9.17) is 22.3 Å². The number of hydrogen-bond acceptors (Lipinski definition) is 6. The molecule has 0 aromatic carbocycles. The minimum absolute atomic E-state index is 0.627. The predicted octanol–water partition coefficient (Wildman–Crippen LogP) is 3.90. The summed E-state index contributed by atoms with van der Waals surface area (Å²) in [6.45, 7) is 4.08. The standard InChI is InChI=1S/C17H19ClN6S/c1-2-12-14(18)13-15(21-12)22-17(23-16(13)24-5-3-4-6-24)25-11-7-10(19)8-20-9-11/h7-9H,2-6,19H2,1H3,(H,21,22,23). The van der Waals surface area contributed by atoms with Crippen LogP contribution in [0.3, 0.4) is 0 Å². The van der Waals surface area contributed by atoms with Crippen LogP contribution in [0.15, 0.2) is 28.5 Å². The fraction of sp³-hybridized carbons (Fsp3) is 0.353. The quantitative estimate of drug-likeness (QED) is 0.674. The number of aromatic nitrogens is 4. The highest BCUT2D eigenvalue weighted by atomic mass is 35.5. The molecule has 0 bridgehead atoms. The predicted molar refractivity (Wildman–Crippen MR) is 102 cm³/mol. The minimum Gasteiger partial charge on any atom is -0.397 e. The van der Waals surface area contributed by atoms with Crippen LogP contribution in [-0.4, -0.2) is 33.0 Å². The molecule has 1 aliphatic heterocycles. The summed E-state index contributed by atoms with van der Waals surface area (Å²) in [5.74, 6) is 0.919. The van der Waals surface area contributed by atoms with Crippen LogP contribution in [0.5, 0.6) is 0 Å². The number of H-pyrrole nitrogens is 1. The second-order valence-corrected chi connectivity index (χ2v) is 7.49. The van der Waals surface area contributed by atoms with E-state index in [1.807, 2.05) is 6.07 Å². The zero-order chi connectivity index (χ0) is 17.4. The van der Waals surface area contributed by atoms with Crippen molar-refractivity contribution < 1.29 is 0 Å². The van der Waals surface area contributed by atoms with E-state index in [1.54, 1.807) is 12.4 Å². The molecule has 1 aliphatic rings. The topological polar surface area (TPSA) is 83.7 Å². The van der Waals surface area contributed by atoms with Gasteiger partial charge in [-0.25, -0.2) is 9.97 Å². The van der Waals surface area contributed by atoms with Gasteiger partial charge in [0.05, 0.1) is 16.1 Å². The molecule has 0 radical (unpaired) electrons. The van der Waals surface area contributed by atoms with Gasteiger partial charge in [-0.2, -0.15) is 0 Å². The van der Waals surface area contributed by atoms with E-state index < -0.39 is 0 Å². The summed E-state index contributed by atoms with van der Waals surface area (Å²) in [7, 11) is 0. The van der Waals surface area contributed by atoms with Crippen LogP contribution in [0.25, 0.3) is 11.0 Å². The smallest absolute Gasteiger partial charge is 0.196 e. The Balaban J connectivity index is 1.82. The maximum atomic E-state index is 6.60. The highest BCUT2D eigenvalue weighted by Gasteiger charge is 2.23. The summed E-state index contributed by atoms with van der Waals surface area (Å²) in [6, 6.07) is 1.87. The number of aryl methyl sites for hydroxylation is 1. The molecular weight excluding hydrogens is 356 g/mol. The monoisotopic (exact) mass is 374 g/mol. The fourth-order valence-corrected chi connectivity index (χ4v) is 4.26. The molecule has 4 heterocycles. The third-order valence-electron chi connectivity index (χ3n) is 4.33. The van der Waals surface area contributed by atoms with Crippen LogP contribution in [0.4, 0.5) is 11.5 Å². The van der Waals surface area contributed by atoms with Crippen molar-refractivity contribution in [3.05, 3.63) is 29.2 Å². The Morgan fingerprint density at radius 2 is 2.08 bits per heavy atom. The van der Waals surface area contributed by atoms with Gasteiger partial charge in [0.25, 0.3) is 0 Å². The lowest BCUT2D eigenvalue weighted by molar-refractivity contribution is 0.895. The molecule has 25 heavy (non-hydrogen) atoms. The van der Waals surface area contributed by atoms with Gasteiger partial charge in [0.1, 0.15) is 11.5 Å². The number of anilines is 2. The summed E-state index contributed by atoms with van der Waals surface area (Å²) < 4.78 is 0. The Morgan fingerprint density at radius 3 is 2.80 bits per heavy atom. The van der Waals surface area contributed by atoms with Gasteiger partial charge in [-0.3, -0.25) is 4.98 Å². The van der Waals surface area contributed by atoms with E-state index >= 15 is 0 Å². The van der Waals surface area contributed by atoms with Gasteiger partial charge < -0.3 is 15.6 Å². The highest BCUT2D eigenvalue weighted by Crippen LogP contribution is 2.37. The SMILES string of the molecule is CCc1[nH]c2nc(Sc3cncc(N)c3)nc(N3CCCC3)c2c1Cl. The average Bonchev–Trinajstić information content (AvgIpc) is 3.23. The lowest BCUT2D eigenvalue weighted by Gasteiger charge is -2.18. The van der Waals surface area contributed by atoms with Crippen LogP contribution in [0, 0.1) is 0 Å². The van der Waals surface area contributed by atoms with Crippen molar-refractivity contribution in [3.8, 4) is 0 Å². The van der Waals surface area contributed by atoms with E-state index in [9.17, 15) is 0 Å². The number of nitrogen functional groups attached to an aromatic ring is 1. The number of nitrogens with one attached hydrogen (secondary N) is 1. The first kappa shape index (κ1) is 16.5. The first-order valence-corrected chi connectivity index (χ1v) is 9.56. The first-order valence-electron chi connectivity index (χ1n) is 8.37. The Hall–Kier alpha value is -1.99. The Bertz CT molecular complexity index is 919. The molecule has 8 heteroatoms. The second-order valence-electron chi connectivity index (χ2n) is 6.07. The molecule has 3 aromatic heterocycles. The summed E-state index contributed by atoms with van der Waals surface area (Å²) in [4.78, 5) is 20.2. The number of aromatic amines is 1. The maximum absolute atomic E-state index is 6.60. The van der Waals surface area contributed by atoms with E-state index in [0.717, 1.165) is 52.0 Å². The number of halogens is 1. The Kier molecular flexibility index (Phi) is 4.43. The fourth-order valence-electron chi connectivity index (χ4n) is 3.11. The summed E-state index contributed by atoms with van der Waals surface area (Å²) in [5.41, 5.74) is 8.24. The number of rotatable bonds is 4. The lowest BCUT2D eigenvalue weighted by Crippen LogP contribution is -2.19. The molecule has 0 unspecified atom stereocenters. The van der Waals surface area contributed by atoms with Crippen LogP contribution in [0.1, 0.15) is 25.5 Å². The number of nitrogens with zero attached hydrogens (tertiary/aromatic N) is 4. The van der Waals surface area contributed by atoms with Crippen LogP contribution >= 0.6 is 23.4 Å². The third kappa shape index (κ3) is 3.14.